The Bertz CT molecular complexity index is 1940. The van der Waals surface area contributed by atoms with Gasteiger partial charge in [-0.25, -0.2) is 14.5 Å². The molecule has 3 aromatic carbocycles. The van der Waals surface area contributed by atoms with Gasteiger partial charge in [-0.05, 0) is 86.4 Å². The number of carbonyl (C=O) groups excluding carboxylic acids is 1. The molecular weight excluding hydrogens is 598 g/mol. The van der Waals surface area contributed by atoms with Crippen molar-refractivity contribution in [2.24, 2.45) is 0 Å². The van der Waals surface area contributed by atoms with Crippen LogP contribution in [0.2, 0.25) is 0 Å². The molecule has 0 radical (unpaired) electrons. The molecule has 11 nitrogen and oxygen atoms in total. The minimum atomic E-state index is -0.942. The van der Waals surface area contributed by atoms with Gasteiger partial charge in [0.15, 0.2) is 6.23 Å². The van der Waals surface area contributed by atoms with Gasteiger partial charge in [0.2, 0.25) is 0 Å². The number of nitrogens with one attached hydrogen (secondary N) is 1. The van der Waals surface area contributed by atoms with Crippen LogP contribution in [0.5, 0.6) is 5.75 Å². The van der Waals surface area contributed by atoms with Gasteiger partial charge in [-0.3, -0.25) is 4.79 Å². The first-order valence-corrected chi connectivity index (χ1v) is 15.8. The number of rotatable bonds is 9. The molecule has 1 aliphatic rings. The molecule has 3 heterocycles. The molecule has 0 saturated carbocycles. The molecular formula is C36H39N5O6. The highest BCUT2D eigenvalue weighted by atomic mass is 16.6. The van der Waals surface area contributed by atoms with E-state index in [0.717, 1.165) is 57.6 Å². The van der Waals surface area contributed by atoms with Gasteiger partial charge in [0.25, 0.3) is 0 Å². The van der Waals surface area contributed by atoms with E-state index < -0.39 is 17.7 Å². The molecule has 2 aromatic heterocycles. The van der Waals surface area contributed by atoms with Crippen molar-refractivity contribution in [3.05, 3.63) is 83.7 Å². The number of alkyl carbamates (subject to hydrolysis) is 1. The molecule has 1 saturated heterocycles. The average Bonchev–Trinajstić information content (AvgIpc) is 3.41. The lowest BCUT2D eigenvalue weighted by atomic mass is 9.95. The average molecular weight is 638 g/mol. The van der Waals surface area contributed by atoms with Crippen LogP contribution in [0.1, 0.15) is 63.1 Å². The van der Waals surface area contributed by atoms with Gasteiger partial charge >= 0.3 is 12.1 Å². The van der Waals surface area contributed by atoms with Gasteiger partial charge in [-0.2, -0.15) is 5.10 Å². The molecule has 4 N–H and O–H groups in total. The van der Waals surface area contributed by atoms with E-state index in [1.165, 1.54) is 0 Å². The second-order valence-electron chi connectivity index (χ2n) is 12.7. The monoisotopic (exact) mass is 637 g/mol. The van der Waals surface area contributed by atoms with Crippen LogP contribution in [0.4, 0.5) is 10.6 Å². The number of para-hydroxylation sites is 1. The van der Waals surface area contributed by atoms with E-state index in [1.54, 1.807) is 24.4 Å². The Labute approximate surface area is 272 Å². The summed E-state index contributed by atoms with van der Waals surface area (Å²) in [6, 6.07) is 19.1. The maximum atomic E-state index is 12.8. The Morgan fingerprint density at radius 3 is 2.64 bits per heavy atom. The number of anilines is 1. The van der Waals surface area contributed by atoms with E-state index in [4.69, 9.17) is 25.0 Å². The topological polar surface area (TPSA) is 151 Å². The summed E-state index contributed by atoms with van der Waals surface area (Å²) < 4.78 is 19.9. The number of pyridine rings is 1. The fraction of sp³-hybridized carbons (Fsp3) is 0.333. The Balaban J connectivity index is 1.50. The van der Waals surface area contributed by atoms with Gasteiger partial charge in [0.05, 0.1) is 11.9 Å². The molecule has 0 aliphatic carbocycles. The van der Waals surface area contributed by atoms with Crippen molar-refractivity contribution in [2.75, 3.05) is 12.3 Å². The van der Waals surface area contributed by atoms with Crippen molar-refractivity contribution in [3.63, 3.8) is 0 Å². The van der Waals surface area contributed by atoms with Gasteiger partial charge in [0.1, 0.15) is 29.5 Å². The third-order valence-corrected chi connectivity index (χ3v) is 8.03. The van der Waals surface area contributed by atoms with Gasteiger partial charge in [0, 0.05) is 35.7 Å². The predicted octanol–water partition coefficient (Wildman–Crippen LogP) is 6.76. The van der Waals surface area contributed by atoms with E-state index in [0.29, 0.717) is 29.4 Å². The quantitative estimate of drug-likeness (QED) is 0.159. The SMILES string of the molecule is CC(C)(C)OC(=O)NCc1cc(-c2cccc3c(N)nccc23)cc2c(COc3ccccc3CC(=O)O)nn(C3CCCCO3)c12. The Morgan fingerprint density at radius 1 is 1.04 bits per heavy atom. The number of hydrogen-bond acceptors (Lipinski definition) is 8. The standard InChI is InChI=1S/C36H39N5O6/c1-36(2,3)47-35(44)39-20-24-17-23(25-10-8-11-27-26(25)14-15-38-34(27)37)18-28-29(40-41(33(24)28)31-13-6-7-16-45-31)21-46-30-12-5-4-9-22(30)19-32(42)43/h4-5,8-12,14-15,17-18,31H,6-7,13,16,19-21H2,1-3H3,(H2,37,38)(H,39,44)(H,42,43). The van der Waals surface area contributed by atoms with Crippen LogP contribution in [0, 0.1) is 0 Å². The second-order valence-corrected chi connectivity index (χ2v) is 12.7. The number of nitrogens with two attached hydrogens (primary N) is 1. The zero-order valence-electron chi connectivity index (χ0n) is 26.8. The zero-order chi connectivity index (χ0) is 33.1. The summed E-state index contributed by atoms with van der Waals surface area (Å²) in [5.41, 5.74) is 10.3. The number of carboxylic acid groups (broad SMARTS) is 1. The summed E-state index contributed by atoms with van der Waals surface area (Å²) in [4.78, 5) is 28.6. The molecule has 0 spiro atoms. The highest BCUT2D eigenvalue weighted by Gasteiger charge is 2.25. The minimum absolute atomic E-state index is 0.0850. The number of fused-ring (bicyclic) bond motifs is 2. The third-order valence-electron chi connectivity index (χ3n) is 8.03. The minimum Gasteiger partial charge on any atom is -0.487 e. The van der Waals surface area contributed by atoms with Crippen LogP contribution in [0.3, 0.4) is 0 Å². The molecule has 1 aliphatic heterocycles. The summed E-state index contributed by atoms with van der Waals surface area (Å²) in [5.74, 6) is -0.0249. The maximum Gasteiger partial charge on any atom is 0.407 e. The number of aliphatic carboxylic acids is 1. The van der Waals surface area contributed by atoms with Crippen LogP contribution < -0.4 is 15.8 Å². The first-order chi connectivity index (χ1) is 22.6. The summed E-state index contributed by atoms with van der Waals surface area (Å²) in [5, 5.41) is 20.0. The molecule has 244 valence electrons. The third kappa shape index (κ3) is 7.15. The van der Waals surface area contributed by atoms with E-state index in [9.17, 15) is 14.7 Å². The molecule has 1 amide bonds. The van der Waals surface area contributed by atoms with E-state index in [-0.39, 0.29) is 25.8 Å². The van der Waals surface area contributed by atoms with Crippen molar-refractivity contribution in [3.8, 4) is 16.9 Å². The zero-order valence-corrected chi connectivity index (χ0v) is 26.8. The Morgan fingerprint density at radius 2 is 1.87 bits per heavy atom. The van der Waals surface area contributed by atoms with Crippen LogP contribution in [-0.4, -0.2) is 44.1 Å². The van der Waals surface area contributed by atoms with Gasteiger partial charge in [-0.15, -0.1) is 0 Å². The summed E-state index contributed by atoms with van der Waals surface area (Å²) >= 11 is 0. The molecule has 6 rings (SSSR count). The van der Waals surface area contributed by atoms with E-state index >= 15 is 0 Å². The number of benzene rings is 3. The number of hydrogen-bond donors (Lipinski definition) is 3. The number of nitrogens with zero attached hydrogens (tertiary/aromatic N) is 3. The highest BCUT2D eigenvalue weighted by molar-refractivity contribution is 6.03. The van der Waals surface area contributed by atoms with E-state index in [1.807, 2.05) is 55.8 Å². The molecule has 11 heteroatoms. The molecule has 47 heavy (non-hydrogen) atoms. The fourth-order valence-electron chi connectivity index (χ4n) is 6.00. The van der Waals surface area contributed by atoms with E-state index in [2.05, 4.69) is 22.4 Å². The van der Waals surface area contributed by atoms with Crippen LogP contribution in [0.25, 0.3) is 32.8 Å². The Kier molecular flexibility index (Phi) is 8.99. The number of amides is 1. The first kappa shape index (κ1) is 31.8. The lowest BCUT2D eigenvalue weighted by molar-refractivity contribution is -0.136. The van der Waals surface area contributed by atoms with Crippen LogP contribution >= 0.6 is 0 Å². The number of aromatic nitrogens is 3. The Hall–Kier alpha value is -5.16. The molecule has 5 aromatic rings. The number of nitrogen functional groups attached to an aromatic ring is 1. The van der Waals surface area contributed by atoms with Crippen LogP contribution in [0.15, 0.2) is 66.9 Å². The summed E-state index contributed by atoms with van der Waals surface area (Å²) in [7, 11) is 0. The van der Waals surface area contributed by atoms with Crippen molar-refractivity contribution >= 4 is 39.6 Å². The summed E-state index contributed by atoms with van der Waals surface area (Å²) in [6.45, 7) is 6.35. The maximum absolute atomic E-state index is 12.8. The van der Waals surface area contributed by atoms with Crippen molar-refractivity contribution < 1.29 is 28.9 Å². The molecule has 1 unspecified atom stereocenters. The smallest absolute Gasteiger partial charge is 0.407 e. The normalized spacial score (nSPS) is 15.1. The lowest BCUT2D eigenvalue weighted by Gasteiger charge is -2.24. The molecule has 1 atom stereocenters. The number of carboxylic acids is 1. The van der Waals surface area contributed by atoms with Gasteiger partial charge in [-0.1, -0.05) is 36.4 Å². The molecule has 1 fully saturated rings. The number of ether oxygens (including phenoxy) is 3. The fourth-order valence-corrected chi connectivity index (χ4v) is 6.00. The van der Waals surface area contributed by atoms with Crippen molar-refractivity contribution in [2.45, 2.75) is 71.4 Å². The second kappa shape index (κ2) is 13.3. The largest absolute Gasteiger partial charge is 0.487 e. The van der Waals surface area contributed by atoms with Gasteiger partial charge < -0.3 is 30.4 Å². The molecule has 0 bridgehead atoms. The number of carbonyl (C=O) groups is 2. The van der Waals surface area contributed by atoms with Crippen molar-refractivity contribution in [1.82, 2.24) is 20.1 Å². The summed E-state index contributed by atoms with van der Waals surface area (Å²) in [6.07, 6.45) is 3.46. The first-order valence-electron chi connectivity index (χ1n) is 15.8. The van der Waals surface area contributed by atoms with Crippen LogP contribution in [-0.2, 0) is 33.8 Å². The highest BCUT2D eigenvalue weighted by Crippen LogP contribution is 2.37. The predicted molar refractivity (Wildman–Crippen MR) is 179 cm³/mol. The van der Waals surface area contributed by atoms with Crippen molar-refractivity contribution in [1.29, 1.82) is 0 Å². The lowest BCUT2D eigenvalue weighted by Crippen LogP contribution is -2.32.